The average molecular weight is 683 g/mol. The molecule has 0 unspecified atom stereocenters. The topological polar surface area (TPSA) is 60.7 Å². The number of phenolic OH excluding ortho intramolecular Hbond substituents is 2. The molecule has 1 saturated carbocycles. The summed E-state index contributed by atoms with van der Waals surface area (Å²) >= 11 is 0. The molecule has 268 valence electrons. The van der Waals surface area contributed by atoms with E-state index in [0.29, 0.717) is 11.5 Å². The largest absolute Gasteiger partial charge is 0.508 e. The van der Waals surface area contributed by atoms with Crippen molar-refractivity contribution in [2.24, 2.45) is 0 Å². The summed E-state index contributed by atoms with van der Waals surface area (Å²) in [6.07, 6.45) is 14.4. The smallest absolute Gasteiger partial charge is 0.125 e. The molecule has 0 spiro atoms. The molecule has 0 radical (unpaired) electrons. The summed E-state index contributed by atoms with van der Waals surface area (Å²) in [6.45, 7) is 17.0. The predicted molar refractivity (Wildman–Crippen MR) is 214 cm³/mol. The van der Waals surface area contributed by atoms with Gasteiger partial charge in [-0.1, -0.05) is 100 Å². The molecule has 0 aromatic heterocycles. The number of benzene rings is 4. The summed E-state index contributed by atoms with van der Waals surface area (Å²) in [6, 6.07) is 24.9. The molecule has 1 fully saturated rings. The van der Waals surface area contributed by atoms with Crippen LogP contribution in [0.2, 0.25) is 0 Å². The molecule has 3 N–H and O–H groups in total. The van der Waals surface area contributed by atoms with Crippen molar-refractivity contribution >= 4 is 0 Å². The Hall–Kier alpha value is -4.44. The predicted octanol–water partition coefficient (Wildman–Crippen LogP) is 11.3. The van der Waals surface area contributed by atoms with Gasteiger partial charge in [0.1, 0.15) is 17.1 Å². The van der Waals surface area contributed by atoms with Crippen LogP contribution in [0.5, 0.6) is 11.5 Å². The highest BCUT2D eigenvalue weighted by Gasteiger charge is 2.33. The summed E-state index contributed by atoms with van der Waals surface area (Å²) in [4.78, 5) is 0. The third-order valence-corrected chi connectivity index (χ3v) is 11.7. The van der Waals surface area contributed by atoms with Gasteiger partial charge in [-0.2, -0.15) is 0 Å². The van der Waals surface area contributed by atoms with Crippen LogP contribution in [0.15, 0.2) is 72.8 Å². The first-order valence-electron chi connectivity index (χ1n) is 18.9. The first kappa shape index (κ1) is 39.3. The van der Waals surface area contributed by atoms with E-state index in [2.05, 4.69) is 108 Å². The van der Waals surface area contributed by atoms with Crippen molar-refractivity contribution < 1.29 is 15.3 Å². The quantitative estimate of drug-likeness (QED) is 0.162. The van der Waals surface area contributed by atoms with Crippen molar-refractivity contribution in [3.05, 3.63) is 128 Å². The van der Waals surface area contributed by atoms with E-state index in [0.717, 1.165) is 84.7 Å². The molecule has 0 heterocycles. The molecular weight excluding hydrogens is 625 g/mol. The highest BCUT2D eigenvalue weighted by molar-refractivity contribution is 5.51. The Morgan fingerprint density at radius 2 is 0.941 bits per heavy atom. The molecule has 4 aromatic rings. The molecule has 0 atom stereocenters. The first-order chi connectivity index (χ1) is 24.3. The van der Waals surface area contributed by atoms with Gasteiger partial charge in [0.25, 0.3) is 0 Å². The number of hydrogen-bond donors (Lipinski definition) is 3. The minimum absolute atomic E-state index is 0.0453. The number of rotatable bonds is 8. The van der Waals surface area contributed by atoms with Crippen LogP contribution in [0.4, 0.5) is 0 Å². The third kappa shape index (κ3) is 8.38. The van der Waals surface area contributed by atoms with Crippen LogP contribution in [0.3, 0.4) is 0 Å². The Bertz CT molecular complexity index is 1910. The normalized spacial score (nSPS) is 14.0. The molecule has 4 aromatic carbocycles. The van der Waals surface area contributed by atoms with Crippen molar-refractivity contribution in [3.8, 4) is 35.7 Å². The Morgan fingerprint density at radius 1 is 0.569 bits per heavy atom. The second-order valence-corrected chi connectivity index (χ2v) is 14.6. The lowest BCUT2D eigenvalue weighted by molar-refractivity contribution is 0.0610. The van der Waals surface area contributed by atoms with Crippen molar-refractivity contribution in [2.75, 3.05) is 0 Å². The minimum atomic E-state index is -0.816. The van der Waals surface area contributed by atoms with E-state index in [-0.39, 0.29) is 10.8 Å². The zero-order valence-corrected chi connectivity index (χ0v) is 32.2. The van der Waals surface area contributed by atoms with Crippen molar-refractivity contribution in [2.45, 2.75) is 130 Å². The Kier molecular flexibility index (Phi) is 12.9. The molecule has 3 heteroatoms. The number of aromatic hydroxyl groups is 2. The maximum atomic E-state index is 10.7. The van der Waals surface area contributed by atoms with E-state index in [9.17, 15) is 15.3 Å². The Balaban J connectivity index is 0.000000238. The van der Waals surface area contributed by atoms with Gasteiger partial charge in [-0.3, -0.25) is 0 Å². The molecular formula is C48H58O3. The molecule has 0 aliphatic heterocycles. The van der Waals surface area contributed by atoms with Gasteiger partial charge in [-0.05, 0) is 148 Å². The van der Waals surface area contributed by atoms with E-state index in [1.165, 1.54) is 28.7 Å². The standard InChI is InChI=1S/C27H34O2.C21H24O/c1-5-27(6-2,24-12-13-25(28)21(4)19-24)23-11-10-22(20(3)18-23)14-17-26(29)15-8-7-9-16-26;1-6-17-9-10-18(13-15(17)4)21(7-2,8-3)19-11-12-20(22)16(5)14-19/h10-13,18-19,28-29H,5-9,15-16H2,1-4H3;1,9-14,22H,7-8H2,2-5H3. The van der Waals surface area contributed by atoms with E-state index < -0.39 is 5.60 Å². The fourth-order valence-electron chi connectivity index (χ4n) is 8.04. The minimum Gasteiger partial charge on any atom is -0.508 e. The van der Waals surface area contributed by atoms with Gasteiger partial charge in [0, 0.05) is 22.0 Å². The van der Waals surface area contributed by atoms with Crippen LogP contribution in [0.1, 0.15) is 141 Å². The Morgan fingerprint density at radius 3 is 1.29 bits per heavy atom. The SMILES string of the molecule is C#Cc1ccc(C(CC)(CC)c2ccc(O)c(C)c2)cc1C.CCC(CC)(c1ccc(O)c(C)c1)c1ccc(C#CC2(O)CCCCC2)c(C)c1. The summed E-state index contributed by atoms with van der Waals surface area (Å²) < 4.78 is 0. The van der Waals surface area contributed by atoms with Gasteiger partial charge in [-0.25, -0.2) is 0 Å². The third-order valence-electron chi connectivity index (χ3n) is 11.7. The van der Waals surface area contributed by atoms with Crippen LogP contribution >= 0.6 is 0 Å². The maximum Gasteiger partial charge on any atom is 0.125 e. The molecule has 1 aliphatic rings. The first-order valence-corrected chi connectivity index (χ1v) is 18.9. The lowest BCUT2D eigenvalue weighted by Crippen LogP contribution is -2.29. The van der Waals surface area contributed by atoms with Crippen LogP contribution < -0.4 is 0 Å². The summed E-state index contributed by atoms with van der Waals surface area (Å²) in [7, 11) is 0. The van der Waals surface area contributed by atoms with Crippen LogP contribution in [0.25, 0.3) is 0 Å². The van der Waals surface area contributed by atoms with Crippen LogP contribution in [-0.4, -0.2) is 20.9 Å². The fraction of sp³-hybridized carbons (Fsp3) is 0.417. The number of aliphatic hydroxyl groups is 1. The number of phenols is 2. The molecule has 0 bridgehead atoms. The Labute approximate surface area is 308 Å². The molecule has 51 heavy (non-hydrogen) atoms. The average Bonchev–Trinajstić information content (AvgIpc) is 3.13. The number of terminal acetylenes is 1. The second-order valence-electron chi connectivity index (χ2n) is 14.6. The van der Waals surface area contributed by atoms with Gasteiger partial charge >= 0.3 is 0 Å². The molecule has 3 nitrogen and oxygen atoms in total. The van der Waals surface area contributed by atoms with Crippen molar-refractivity contribution in [1.29, 1.82) is 0 Å². The molecule has 1 aliphatic carbocycles. The van der Waals surface area contributed by atoms with Crippen LogP contribution in [-0.2, 0) is 10.8 Å². The zero-order valence-electron chi connectivity index (χ0n) is 32.2. The molecule has 0 saturated heterocycles. The zero-order chi connectivity index (χ0) is 37.4. The monoisotopic (exact) mass is 682 g/mol. The van der Waals surface area contributed by atoms with E-state index >= 15 is 0 Å². The van der Waals surface area contributed by atoms with Crippen molar-refractivity contribution in [3.63, 3.8) is 0 Å². The van der Waals surface area contributed by atoms with E-state index in [4.69, 9.17) is 6.42 Å². The fourth-order valence-corrected chi connectivity index (χ4v) is 8.04. The second kappa shape index (κ2) is 16.7. The van der Waals surface area contributed by atoms with Crippen molar-refractivity contribution in [1.82, 2.24) is 0 Å². The van der Waals surface area contributed by atoms with E-state index in [1.807, 2.05) is 32.0 Å². The summed E-state index contributed by atoms with van der Waals surface area (Å²) in [5.74, 6) is 9.85. The lowest BCUT2D eigenvalue weighted by atomic mass is 9.70. The van der Waals surface area contributed by atoms with Crippen LogP contribution in [0, 0.1) is 51.9 Å². The molecule has 0 amide bonds. The maximum absolute atomic E-state index is 10.7. The van der Waals surface area contributed by atoms with Gasteiger partial charge in [0.15, 0.2) is 0 Å². The van der Waals surface area contributed by atoms with Gasteiger partial charge in [0.05, 0.1) is 0 Å². The highest BCUT2D eigenvalue weighted by Crippen LogP contribution is 2.42. The van der Waals surface area contributed by atoms with Gasteiger partial charge < -0.3 is 15.3 Å². The lowest BCUT2D eigenvalue weighted by Gasteiger charge is -2.34. The highest BCUT2D eigenvalue weighted by atomic mass is 16.3. The van der Waals surface area contributed by atoms with E-state index in [1.54, 1.807) is 6.07 Å². The van der Waals surface area contributed by atoms with Gasteiger partial charge in [0.2, 0.25) is 0 Å². The number of aryl methyl sites for hydroxylation is 4. The summed E-state index contributed by atoms with van der Waals surface area (Å²) in [5.41, 5.74) is 10.2. The van der Waals surface area contributed by atoms with Gasteiger partial charge in [-0.15, -0.1) is 6.42 Å². The molecule has 5 rings (SSSR count). The number of hydrogen-bond acceptors (Lipinski definition) is 3. The summed E-state index contributed by atoms with van der Waals surface area (Å²) in [5, 5.41) is 30.5.